The maximum atomic E-state index is 12.5. The van der Waals surface area contributed by atoms with Crippen LogP contribution in [0.3, 0.4) is 0 Å². The molecule has 1 heterocycles. The van der Waals surface area contributed by atoms with Crippen molar-refractivity contribution >= 4 is 41.0 Å². The van der Waals surface area contributed by atoms with Gasteiger partial charge < -0.3 is 20.1 Å². The number of hydrogen-bond donors (Lipinski definition) is 2. The van der Waals surface area contributed by atoms with Gasteiger partial charge in [0.15, 0.2) is 17.0 Å². The molecule has 1 aliphatic heterocycles. The van der Waals surface area contributed by atoms with Crippen molar-refractivity contribution in [3.05, 3.63) is 92.8 Å². The van der Waals surface area contributed by atoms with Crippen molar-refractivity contribution in [1.82, 2.24) is 5.32 Å². The van der Waals surface area contributed by atoms with Gasteiger partial charge in [0.25, 0.3) is 5.91 Å². The number of aryl methyl sites for hydroxylation is 2. The van der Waals surface area contributed by atoms with Crippen LogP contribution in [-0.4, -0.2) is 18.5 Å². The second-order valence-corrected chi connectivity index (χ2v) is 9.54. The van der Waals surface area contributed by atoms with Crippen molar-refractivity contribution in [1.29, 1.82) is 0 Å². The Morgan fingerprint density at radius 1 is 1.09 bits per heavy atom. The molecule has 2 N–H and O–H groups in total. The number of thioether (sulfide) groups is 1. The second kappa shape index (κ2) is 10.9. The highest BCUT2D eigenvalue weighted by atomic mass is 35.5. The number of nitrogens with one attached hydrogen (secondary N) is 2. The van der Waals surface area contributed by atoms with Crippen molar-refractivity contribution in [2.45, 2.75) is 32.4 Å². The van der Waals surface area contributed by atoms with E-state index in [0.29, 0.717) is 28.0 Å². The van der Waals surface area contributed by atoms with Gasteiger partial charge in [0.1, 0.15) is 6.61 Å². The fraction of sp³-hybridized carbons (Fsp3) is 0.222. The molecule has 3 aromatic rings. The van der Waals surface area contributed by atoms with Crippen LogP contribution < -0.4 is 20.1 Å². The van der Waals surface area contributed by atoms with Gasteiger partial charge in [-0.1, -0.05) is 72.2 Å². The highest BCUT2D eigenvalue weighted by molar-refractivity contribution is 8.05. The van der Waals surface area contributed by atoms with Gasteiger partial charge in [-0.3, -0.25) is 4.79 Å². The molecule has 1 amide bonds. The van der Waals surface area contributed by atoms with Crippen LogP contribution in [0.15, 0.2) is 65.6 Å². The van der Waals surface area contributed by atoms with Gasteiger partial charge in [0.05, 0.1) is 17.0 Å². The number of hydrogen-bond acceptors (Lipinski definition) is 5. The van der Waals surface area contributed by atoms with Crippen LogP contribution in [-0.2, 0) is 17.8 Å². The van der Waals surface area contributed by atoms with Crippen LogP contribution in [0.2, 0.25) is 5.02 Å². The topological polar surface area (TPSA) is 59.6 Å². The summed E-state index contributed by atoms with van der Waals surface area (Å²) >= 11 is 7.96. The maximum Gasteiger partial charge on any atom is 0.260 e. The van der Waals surface area contributed by atoms with E-state index in [9.17, 15) is 4.79 Å². The lowest BCUT2D eigenvalue weighted by atomic mass is 10.1. The smallest absolute Gasteiger partial charge is 0.260 e. The van der Waals surface area contributed by atoms with Gasteiger partial charge in [-0.2, -0.15) is 0 Å². The van der Waals surface area contributed by atoms with E-state index in [1.165, 1.54) is 22.9 Å². The van der Waals surface area contributed by atoms with Crippen LogP contribution in [0.5, 0.6) is 11.5 Å². The Bertz CT molecular complexity index is 1190. The lowest BCUT2D eigenvalue weighted by Gasteiger charge is -2.14. The van der Waals surface area contributed by atoms with Gasteiger partial charge in [0.2, 0.25) is 0 Å². The van der Waals surface area contributed by atoms with E-state index in [4.69, 9.17) is 21.1 Å². The number of ether oxygens (including phenoxy) is 2. The molecule has 0 radical (unpaired) electrons. The molecule has 4 rings (SSSR count). The quantitative estimate of drug-likeness (QED) is 0.355. The van der Waals surface area contributed by atoms with E-state index in [1.54, 1.807) is 19.3 Å². The first-order valence-electron chi connectivity index (χ1n) is 11.1. The zero-order valence-electron chi connectivity index (χ0n) is 19.4. The second-order valence-electron chi connectivity index (χ2n) is 7.98. The van der Waals surface area contributed by atoms with E-state index >= 15 is 0 Å². The fourth-order valence-corrected chi connectivity index (χ4v) is 4.77. The number of benzene rings is 3. The molecule has 3 aromatic carbocycles. The molecule has 0 saturated carbocycles. The first kappa shape index (κ1) is 24.0. The molecule has 1 atom stereocenters. The van der Waals surface area contributed by atoms with Crippen molar-refractivity contribution < 1.29 is 14.3 Å². The van der Waals surface area contributed by atoms with E-state index in [1.807, 2.05) is 49.4 Å². The van der Waals surface area contributed by atoms with E-state index < -0.39 is 0 Å². The summed E-state index contributed by atoms with van der Waals surface area (Å²) in [6.07, 6.45) is 2.80. The molecular weight excluding hydrogens is 468 g/mol. The number of methoxy groups -OCH3 is 1. The number of amides is 1. The molecule has 0 aliphatic carbocycles. The Morgan fingerprint density at radius 3 is 2.47 bits per heavy atom. The van der Waals surface area contributed by atoms with Crippen LogP contribution >= 0.6 is 23.4 Å². The summed E-state index contributed by atoms with van der Waals surface area (Å²) in [6, 6.07) is 19.9. The number of carbonyl (C=O) groups excluding carboxylic acids is 1. The lowest BCUT2D eigenvalue weighted by molar-refractivity contribution is -0.116. The molecule has 1 aliphatic rings. The molecule has 7 heteroatoms. The van der Waals surface area contributed by atoms with Crippen LogP contribution in [0.4, 0.5) is 5.69 Å². The molecule has 1 fully saturated rings. The molecular formula is C27H27ClN2O3S. The summed E-state index contributed by atoms with van der Waals surface area (Å²) in [6.45, 7) is 4.54. The third-order valence-corrected chi connectivity index (χ3v) is 6.75. The molecule has 0 bridgehead atoms. The fourth-order valence-electron chi connectivity index (χ4n) is 3.51. The molecule has 5 nitrogen and oxygen atoms in total. The monoisotopic (exact) mass is 494 g/mol. The summed E-state index contributed by atoms with van der Waals surface area (Å²) in [5.74, 6) is 0.855. The van der Waals surface area contributed by atoms with Gasteiger partial charge in [-0.15, -0.1) is 0 Å². The lowest BCUT2D eigenvalue weighted by Crippen LogP contribution is -2.30. The number of rotatable bonds is 8. The Balaban J connectivity index is 1.46. The molecule has 176 valence electrons. The Morgan fingerprint density at radius 2 is 1.79 bits per heavy atom. The van der Waals surface area contributed by atoms with Crippen LogP contribution in [0, 0.1) is 6.92 Å². The van der Waals surface area contributed by atoms with Crippen molar-refractivity contribution in [2.75, 3.05) is 12.4 Å². The SMILES string of the molecule is CCc1ccc(N[C@@H]2NC(=O)/C(=C/c3cc(Cl)c(OCc4ccc(C)cc4)c(OC)c3)S2)cc1. The van der Waals surface area contributed by atoms with Gasteiger partial charge in [-0.05, 0) is 60.4 Å². The van der Waals surface area contributed by atoms with Crippen molar-refractivity contribution in [2.24, 2.45) is 0 Å². The summed E-state index contributed by atoms with van der Waals surface area (Å²) in [7, 11) is 1.57. The summed E-state index contributed by atoms with van der Waals surface area (Å²) in [4.78, 5) is 13.1. The van der Waals surface area contributed by atoms with E-state index in [2.05, 4.69) is 29.7 Å². The largest absolute Gasteiger partial charge is 0.493 e. The minimum atomic E-state index is -0.249. The molecule has 34 heavy (non-hydrogen) atoms. The Hall–Kier alpha value is -3.09. The molecule has 1 saturated heterocycles. The average Bonchev–Trinajstić information content (AvgIpc) is 3.17. The third kappa shape index (κ3) is 5.88. The summed E-state index contributed by atoms with van der Waals surface area (Å²) in [5, 5.41) is 6.71. The highest BCUT2D eigenvalue weighted by Crippen LogP contribution is 2.39. The number of halogens is 1. The van der Waals surface area contributed by atoms with Gasteiger partial charge in [-0.25, -0.2) is 0 Å². The van der Waals surface area contributed by atoms with Crippen LogP contribution in [0.25, 0.3) is 6.08 Å². The zero-order chi connectivity index (χ0) is 24.1. The summed E-state index contributed by atoms with van der Waals surface area (Å²) in [5.41, 5.74) is 4.97. The Labute approximate surface area is 209 Å². The van der Waals surface area contributed by atoms with E-state index in [0.717, 1.165) is 23.2 Å². The van der Waals surface area contributed by atoms with E-state index in [-0.39, 0.29) is 11.4 Å². The highest BCUT2D eigenvalue weighted by Gasteiger charge is 2.27. The first-order valence-corrected chi connectivity index (χ1v) is 12.3. The van der Waals surface area contributed by atoms with Gasteiger partial charge in [0, 0.05) is 5.69 Å². The molecule has 0 spiro atoms. The minimum Gasteiger partial charge on any atom is -0.493 e. The van der Waals surface area contributed by atoms with Crippen molar-refractivity contribution in [3.63, 3.8) is 0 Å². The molecule has 0 unspecified atom stereocenters. The zero-order valence-corrected chi connectivity index (χ0v) is 20.9. The predicted molar refractivity (Wildman–Crippen MR) is 140 cm³/mol. The first-order chi connectivity index (χ1) is 16.4. The maximum absolute atomic E-state index is 12.5. The van der Waals surface area contributed by atoms with Crippen LogP contribution in [0.1, 0.15) is 29.2 Å². The number of anilines is 1. The predicted octanol–water partition coefficient (Wildman–Crippen LogP) is 6.40. The number of carbonyl (C=O) groups is 1. The third-order valence-electron chi connectivity index (χ3n) is 5.44. The Kier molecular flexibility index (Phi) is 7.70. The molecule has 0 aromatic heterocycles. The van der Waals surface area contributed by atoms with Crippen molar-refractivity contribution in [3.8, 4) is 11.5 Å². The normalized spacial score (nSPS) is 16.4. The average molecular weight is 495 g/mol. The minimum absolute atomic E-state index is 0.137. The van der Waals surface area contributed by atoms with Gasteiger partial charge >= 0.3 is 0 Å². The standard InChI is InChI=1S/C27H27ClN2O3S/c1-4-18-9-11-21(12-10-18)29-27-30-26(31)24(34-27)15-20-13-22(28)25(23(14-20)32-3)33-16-19-7-5-17(2)6-8-19/h5-15,27,29H,4,16H2,1-3H3,(H,30,31)/b24-15-/t27-/m1/s1. The summed E-state index contributed by atoms with van der Waals surface area (Å²) < 4.78 is 11.5.